The summed E-state index contributed by atoms with van der Waals surface area (Å²) in [7, 11) is 0. The first kappa shape index (κ1) is 10.1. The predicted molar refractivity (Wildman–Crippen MR) is 54.7 cm³/mol. The zero-order valence-electron chi connectivity index (χ0n) is 7.06. The van der Waals surface area contributed by atoms with Crippen LogP contribution in [0.4, 0.5) is 0 Å². The van der Waals surface area contributed by atoms with Gasteiger partial charge in [0.25, 0.3) is 0 Å². The van der Waals surface area contributed by atoms with Gasteiger partial charge in [0.2, 0.25) is 0 Å². The first-order chi connectivity index (χ1) is 6.09. The normalized spacial score (nSPS) is 18.2. The van der Waals surface area contributed by atoms with E-state index in [0.29, 0.717) is 12.8 Å². The molecule has 0 spiro atoms. The number of nitrogens with two attached hydrogens (primary N) is 1. The zero-order chi connectivity index (χ0) is 9.84. The van der Waals surface area contributed by atoms with Crippen LogP contribution in [0, 0.1) is 0 Å². The summed E-state index contributed by atoms with van der Waals surface area (Å²) in [5.41, 5.74) is 6.32. The number of allylic oxidation sites excluding steroid dienone is 3. The van der Waals surface area contributed by atoms with Gasteiger partial charge in [-0.2, -0.15) is 0 Å². The van der Waals surface area contributed by atoms with Crippen molar-refractivity contribution in [1.29, 1.82) is 0 Å². The summed E-state index contributed by atoms with van der Waals surface area (Å²) in [5, 5.41) is 8.56. The maximum Gasteiger partial charge on any atom is 0.320 e. The summed E-state index contributed by atoms with van der Waals surface area (Å²) >= 11 is 4.94. The first-order valence-electron chi connectivity index (χ1n) is 3.98. The Bertz CT molecular complexity index is 294. The van der Waals surface area contributed by atoms with Gasteiger partial charge in [0.1, 0.15) is 6.04 Å². The fraction of sp³-hybridized carbons (Fsp3) is 0.333. The average molecular weight is 197 g/mol. The van der Waals surface area contributed by atoms with Gasteiger partial charge < -0.3 is 10.8 Å². The predicted octanol–water partition coefficient (Wildman–Crippen LogP) is 1.04. The lowest BCUT2D eigenvalue weighted by Gasteiger charge is -2.10. The molecule has 0 aromatic heterocycles. The molecular weight excluding hydrogens is 186 g/mol. The molecule has 1 aliphatic rings. The molecule has 0 saturated heterocycles. The molecule has 1 aliphatic carbocycles. The summed E-state index contributed by atoms with van der Waals surface area (Å²) in [6.07, 6.45) is 6.65. The Labute approximate surface area is 81.9 Å². The lowest BCUT2D eigenvalue weighted by molar-refractivity contribution is -0.138. The topological polar surface area (TPSA) is 63.3 Å². The van der Waals surface area contributed by atoms with Crippen LogP contribution in [0.3, 0.4) is 0 Å². The third-order valence-electron chi connectivity index (χ3n) is 1.82. The van der Waals surface area contributed by atoms with Crippen molar-refractivity contribution in [2.24, 2.45) is 5.73 Å². The molecule has 0 bridgehead atoms. The van der Waals surface area contributed by atoms with E-state index in [2.05, 4.69) is 0 Å². The van der Waals surface area contributed by atoms with Crippen LogP contribution < -0.4 is 5.73 Å². The monoisotopic (exact) mass is 197 g/mol. The molecule has 0 aliphatic heterocycles. The highest BCUT2D eigenvalue weighted by Gasteiger charge is 2.13. The van der Waals surface area contributed by atoms with Crippen LogP contribution >= 0.6 is 12.2 Å². The van der Waals surface area contributed by atoms with Crippen molar-refractivity contribution in [3.63, 3.8) is 0 Å². The molecule has 0 unspecified atom stereocenters. The molecule has 0 saturated carbocycles. The van der Waals surface area contributed by atoms with Crippen LogP contribution in [0.25, 0.3) is 0 Å². The van der Waals surface area contributed by atoms with Gasteiger partial charge in [-0.05, 0) is 18.1 Å². The molecule has 0 radical (unpaired) electrons. The highest BCUT2D eigenvalue weighted by Crippen LogP contribution is 2.13. The molecule has 70 valence electrons. The lowest BCUT2D eigenvalue weighted by Crippen LogP contribution is -2.30. The molecule has 0 aromatic rings. The summed E-state index contributed by atoms with van der Waals surface area (Å²) in [5.74, 6) is -0.970. The standard InChI is InChI=1S/C9H11NO2S/c10-8(9(11)12)5-6-1-3-7(13)4-2-6/h1-3,8H,4-5,10H2,(H,11,12)/t8-/m0/s1. The second-order valence-electron chi connectivity index (χ2n) is 2.93. The third kappa shape index (κ3) is 3.08. The Balaban J connectivity index is 2.52. The van der Waals surface area contributed by atoms with E-state index in [1.165, 1.54) is 0 Å². The van der Waals surface area contributed by atoms with E-state index in [4.69, 9.17) is 23.1 Å². The van der Waals surface area contributed by atoms with Gasteiger partial charge in [-0.3, -0.25) is 4.79 Å². The summed E-state index contributed by atoms with van der Waals surface area (Å²) in [6.45, 7) is 0. The van der Waals surface area contributed by atoms with Crippen molar-refractivity contribution in [1.82, 2.24) is 0 Å². The SMILES string of the molecule is N[C@@H](CC1=CCC(=S)C=C1)C(=O)O. The fourth-order valence-corrected chi connectivity index (χ4v) is 1.21. The van der Waals surface area contributed by atoms with Gasteiger partial charge in [-0.1, -0.05) is 24.4 Å². The molecule has 0 heterocycles. The van der Waals surface area contributed by atoms with Crippen LogP contribution in [0.15, 0.2) is 23.8 Å². The molecule has 13 heavy (non-hydrogen) atoms. The molecule has 3 nitrogen and oxygen atoms in total. The summed E-state index contributed by atoms with van der Waals surface area (Å²) in [6, 6.07) is -0.817. The second-order valence-corrected chi connectivity index (χ2v) is 3.46. The summed E-state index contributed by atoms with van der Waals surface area (Å²) in [4.78, 5) is 11.3. The van der Waals surface area contributed by atoms with Crippen LogP contribution in [-0.2, 0) is 4.79 Å². The smallest absolute Gasteiger partial charge is 0.320 e. The third-order valence-corrected chi connectivity index (χ3v) is 2.12. The van der Waals surface area contributed by atoms with E-state index >= 15 is 0 Å². The minimum absolute atomic E-state index is 0.369. The molecule has 3 N–H and O–H groups in total. The van der Waals surface area contributed by atoms with E-state index in [9.17, 15) is 4.79 Å². The van der Waals surface area contributed by atoms with E-state index < -0.39 is 12.0 Å². The van der Waals surface area contributed by atoms with Gasteiger partial charge in [-0.15, -0.1) is 0 Å². The maximum absolute atomic E-state index is 10.4. The maximum atomic E-state index is 10.4. The van der Waals surface area contributed by atoms with Gasteiger partial charge in [0.15, 0.2) is 0 Å². The molecule has 1 rings (SSSR count). The first-order valence-corrected chi connectivity index (χ1v) is 4.39. The van der Waals surface area contributed by atoms with Gasteiger partial charge in [0.05, 0.1) is 0 Å². The minimum Gasteiger partial charge on any atom is -0.480 e. The van der Waals surface area contributed by atoms with E-state index in [-0.39, 0.29) is 0 Å². The van der Waals surface area contributed by atoms with Crippen molar-refractivity contribution < 1.29 is 9.90 Å². The van der Waals surface area contributed by atoms with Crippen molar-refractivity contribution in [3.05, 3.63) is 23.8 Å². The molecular formula is C9H11NO2S. The second kappa shape index (κ2) is 4.30. The number of carboxylic acid groups (broad SMARTS) is 1. The number of aliphatic carboxylic acids is 1. The quantitative estimate of drug-likeness (QED) is 0.664. The van der Waals surface area contributed by atoms with E-state index in [1.54, 1.807) is 0 Å². The number of carboxylic acids is 1. The Morgan fingerprint density at radius 1 is 1.69 bits per heavy atom. The van der Waals surface area contributed by atoms with Crippen LogP contribution in [0.1, 0.15) is 12.8 Å². The van der Waals surface area contributed by atoms with Crippen LogP contribution in [0.2, 0.25) is 0 Å². The van der Waals surface area contributed by atoms with Gasteiger partial charge in [-0.25, -0.2) is 0 Å². The number of rotatable bonds is 3. The average Bonchev–Trinajstić information content (AvgIpc) is 2.08. The Morgan fingerprint density at radius 2 is 2.38 bits per heavy atom. The van der Waals surface area contributed by atoms with Gasteiger partial charge >= 0.3 is 5.97 Å². The van der Waals surface area contributed by atoms with Gasteiger partial charge in [0, 0.05) is 11.3 Å². The number of hydrogen-bond donors (Lipinski definition) is 2. The highest BCUT2D eigenvalue weighted by molar-refractivity contribution is 7.80. The van der Waals surface area contributed by atoms with Crippen molar-refractivity contribution in [3.8, 4) is 0 Å². The molecule has 0 fully saturated rings. The Kier molecular flexibility index (Phi) is 3.33. The summed E-state index contributed by atoms with van der Waals surface area (Å²) < 4.78 is 0. The van der Waals surface area contributed by atoms with Crippen molar-refractivity contribution in [2.45, 2.75) is 18.9 Å². The fourth-order valence-electron chi connectivity index (χ4n) is 1.06. The molecule has 0 aromatic carbocycles. The van der Waals surface area contributed by atoms with Crippen LogP contribution in [-0.4, -0.2) is 22.0 Å². The Morgan fingerprint density at radius 3 is 2.85 bits per heavy atom. The molecule has 4 heteroatoms. The highest BCUT2D eigenvalue weighted by atomic mass is 32.1. The largest absolute Gasteiger partial charge is 0.480 e. The van der Waals surface area contributed by atoms with Crippen molar-refractivity contribution >= 4 is 23.1 Å². The molecule has 1 atom stereocenters. The lowest BCUT2D eigenvalue weighted by atomic mass is 10.0. The van der Waals surface area contributed by atoms with E-state index in [1.807, 2.05) is 18.2 Å². The van der Waals surface area contributed by atoms with Crippen molar-refractivity contribution in [2.75, 3.05) is 0 Å². The molecule has 0 amide bonds. The number of thiocarbonyl (C=S) groups is 1. The minimum atomic E-state index is -0.970. The van der Waals surface area contributed by atoms with E-state index in [0.717, 1.165) is 10.4 Å². The zero-order valence-corrected chi connectivity index (χ0v) is 7.88. The Hall–Kier alpha value is -1.00. The number of carbonyl (C=O) groups is 1. The van der Waals surface area contributed by atoms with Crippen LogP contribution in [0.5, 0.6) is 0 Å². The number of hydrogen-bond acceptors (Lipinski definition) is 3.